The first-order chi connectivity index (χ1) is 17.9. The van der Waals surface area contributed by atoms with Gasteiger partial charge in [0, 0.05) is 21.5 Å². The van der Waals surface area contributed by atoms with Crippen LogP contribution in [0.4, 0.5) is 0 Å². The normalized spacial score (nSPS) is 10.9. The molecule has 0 aromatic heterocycles. The van der Waals surface area contributed by atoms with Gasteiger partial charge in [-0.3, -0.25) is 9.59 Å². The van der Waals surface area contributed by atoms with Crippen LogP contribution < -0.4 is 15.5 Å². The van der Waals surface area contributed by atoms with Gasteiger partial charge in [0.15, 0.2) is 0 Å². The van der Waals surface area contributed by atoms with Crippen LogP contribution in [0.1, 0.15) is 87.1 Å². The van der Waals surface area contributed by atoms with Gasteiger partial charge in [-0.2, -0.15) is 5.10 Å². The summed E-state index contributed by atoms with van der Waals surface area (Å²) in [6.45, 7) is 2.05. The van der Waals surface area contributed by atoms with E-state index in [4.69, 9.17) is 16.3 Å². The maximum atomic E-state index is 12.4. The highest BCUT2D eigenvalue weighted by molar-refractivity contribution is 9.10. The standard InChI is InChI=1S/C28H35BrClN3O4/c1-2-3-4-5-6-7-8-9-10-11-26(34)31-20-27(35)33-32-19-22-18-23(29)14-17-25(22)37-28(36)21-12-15-24(30)16-13-21/h12-19H,2-11,20H2,1H3,(H,31,34)(H,33,35)/b32-19-. The fraction of sp³-hybridized carbons (Fsp3) is 0.429. The lowest BCUT2D eigenvalue weighted by atomic mass is 10.1. The lowest BCUT2D eigenvalue weighted by molar-refractivity contribution is -0.126. The van der Waals surface area contributed by atoms with Crippen LogP contribution in [0.3, 0.4) is 0 Å². The Morgan fingerprint density at radius 2 is 1.57 bits per heavy atom. The lowest BCUT2D eigenvalue weighted by Gasteiger charge is -2.08. The van der Waals surface area contributed by atoms with E-state index >= 15 is 0 Å². The van der Waals surface area contributed by atoms with Crippen LogP contribution in [-0.2, 0) is 9.59 Å². The Kier molecular flexibility index (Phi) is 14.6. The van der Waals surface area contributed by atoms with Gasteiger partial charge in [0.05, 0.1) is 18.3 Å². The molecule has 2 N–H and O–H groups in total. The maximum Gasteiger partial charge on any atom is 0.343 e. The molecule has 0 radical (unpaired) electrons. The summed E-state index contributed by atoms with van der Waals surface area (Å²) in [6, 6.07) is 11.4. The topological polar surface area (TPSA) is 96.9 Å². The Balaban J connectivity index is 1.71. The molecule has 0 fully saturated rings. The third-order valence-corrected chi connectivity index (χ3v) is 6.35. The number of halogens is 2. The van der Waals surface area contributed by atoms with Crippen molar-refractivity contribution in [2.75, 3.05) is 6.54 Å². The number of amides is 2. The van der Waals surface area contributed by atoms with E-state index in [1.54, 1.807) is 42.5 Å². The molecule has 200 valence electrons. The molecule has 2 rings (SSSR count). The first-order valence-electron chi connectivity index (χ1n) is 12.7. The van der Waals surface area contributed by atoms with Crippen molar-refractivity contribution < 1.29 is 19.1 Å². The van der Waals surface area contributed by atoms with Crippen molar-refractivity contribution in [1.29, 1.82) is 0 Å². The first-order valence-corrected chi connectivity index (χ1v) is 13.9. The van der Waals surface area contributed by atoms with Crippen LogP contribution in [0.5, 0.6) is 5.75 Å². The number of ether oxygens (including phenoxy) is 1. The van der Waals surface area contributed by atoms with Crippen molar-refractivity contribution in [3.05, 3.63) is 63.1 Å². The molecule has 2 amide bonds. The second-order valence-corrected chi connectivity index (χ2v) is 10.1. The van der Waals surface area contributed by atoms with Crippen molar-refractivity contribution >= 4 is 51.5 Å². The molecule has 2 aromatic carbocycles. The molecule has 0 aliphatic rings. The molecule has 2 aromatic rings. The number of nitrogens with zero attached hydrogens (tertiary/aromatic N) is 1. The van der Waals surface area contributed by atoms with Gasteiger partial charge >= 0.3 is 5.97 Å². The number of hydrogen-bond donors (Lipinski definition) is 2. The first kappa shape index (κ1) is 30.5. The Bertz CT molecular complexity index is 1040. The Morgan fingerprint density at radius 3 is 2.24 bits per heavy atom. The highest BCUT2D eigenvalue weighted by Crippen LogP contribution is 2.23. The fourth-order valence-electron chi connectivity index (χ4n) is 3.53. The maximum absolute atomic E-state index is 12.4. The fourth-order valence-corrected chi connectivity index (χ4v) is 4.04. The number of esters is 1. The van der Waals surface area contributed by atoms with Crippen molar-refractivity contribution in [3.63, 3.8) is 0 Å². The van der Waals surface area contributed by atoms with Crippen LogP contribution in [0.25, 0.3) is 0 Å². The van der Waals surface area contributed by atoms with Crippen LogP contribution in [0.15, 0.2) is 52.0 Å². The molecule has 0 aliphatic carbocycles. The molecule has 9 heteroatoms. The van der Waals surface area contributed by atoms with E-state index in [0.29, 0.717) is 22.6 Å². The largest absolute Gasteiger partial charge is 0.422 e. The van der Waals surface area contributed by atoms with Crippen molar-refractivity contribution in [3.8, 4) is 5.75 Å². The Morgan fingerprint density at radius 1 is 0.919 bits per heavy atom. The van der Waals surface area contributed by atoms with E-state index < -0.39 is 11.9 Å². The molecule has 0 spiro atoms. The SMILES string of the molecule is CCCCCCCCCCCC(=O)NCC(=O)N/N=C\c1cc(Br)ccc1OC(=O)c1ccc(Cl)cc1. The van der Waals surface area contributed by atoms with Gasteiger partial charge in [-0.05, 0) is 48.9 Å². The molecule has 0 heterocycles. The lowest BCUT2D eigenvalue weighted by Crippen LogP contribution is -2.34. The molecular weight excluding hydrogens is 558 g/mol. The summed E-state index contributed by atoms with van der Waals surface area (Å²) >= 11 is 9.24. The zero-order valence-electron chi connectivity index (χ0n) is 21.2. The molecule has 0 aliphatic heterocycles. The molecule has 0 atom stereocenters. The van der Waals surface area contributed by atoms with E-state index in [1.165, 1.54) is 44.7 Å². The van der Waals surface area contributed by atoms with E-state index in [1.807, 2.05) is 0 Å². The highest BCUT2D eigenvalue weighted by Gasteiger charge is 2.12. The number of hydrazone groups is 1. The second-order valence-electron chi connectivity index (χ2n) is 8.73. The number of rotatable bonds is 16. The Hall–Kier alpha value is -2.71. The monoisotopic (exact) mass is 591 g/mol. The number of hydrogen-bond acceptors (Lipinski definition) is 5. The van der Waals surface area contributed by atoms with Crippen LogP contribution >= 0.6 is 27.5 Å². The molecule has 0 saturated heterocycles. The van der Waals surface area contributed by atoms with Gasteiger partial charge in [-0.15, -0.1) is 0 Å². The minimum Gasteiger partial charge on any atom is -0.422 e. The molecular formula is C28H35BrClN3O4. The summed E-state index contributed by atoms with van der Waals surface area (Å²) in [5, 5.41) is 7.06. The van der Waals surface area contributed by atoms with E-state index in [-0.39, 0.29) is 18.2 Å². The predicted octanol–water partition coefficient (Wildman–Crippen LogP) is 6.81. The molecule has 0 unspecified atom stereocenters. The number of nitrogens with one attached hydrogen (secondary N) is 2. The minimum absolute atomic E-state index is 0.148. The van der Waals surface area contributed by atoms with Gasteiger partial charge < -0.3 is 10.1 Å². The molecule has 37 heavy (non-hydrogen) atoms. The minimum atomic E-state index is -0.549. The van der Waals surface area contributed by atoms with Crippen molar-refractivity contribution in [2.45, 2.75) is 71.1 Å². The average molecular weight is 593 g/mol. The third-order valence-electron chi connectivity index (χ3n) is 5.60. The van der Waals surface area contributed by atoms with Gasteiger partial charge in [0.1, 0.15) is 5.75 Å². The molecule has 0 bridgehead atoms. The second kappa shape index (κ2) is 17.7. The van der Waals surface area contributed by atoms with Gasteiger partial charge in [-0.25, -0.2) is 10.2 Å². The smallest absolute Gasteiger partial charge is 0.343 e. The average Bonchev–Trinajstić information content (AvgIpc) is 2.88. The number of unbranched alkanes of at least 4 members (excludes halogenated alkanes) is 8. The van der Waals surface area contributed by atoms with Crippen LogP contribution in [0, 0.1) is 0 Å². The van der Waals surface area contributed by atoms with Gasteiger partial charge in [0.25, 0.3) is 5.91 Å². The number of carbonyl (C=O) groups excluding carboxylic acids is 3. The summed E-state index contributed by atoms with van der Waals surface area (Å²) in [5.74, 6) is -0.875. The summed E-state index contributed by atoms with van der Waals surface area (Å²) in [5.41, 5.74) is 3.20. The zero-order chi connectivity index (χ0) is 26.9. The highest BCUT2D eigenvalue weighted by atomic mass is 79.9. The predicted molar refractivity (Wildman–Crippen MR) is 151 cm³/mol. The molecule has 0 saturated carbocycles. The van der Waals surface area contributed by atoms with E-state index in [0.717, 1.165) is 23.7 Å². The van der Waals surface area contributed by atoms with E-state index in [9.17, 15) is 14.4 Å². The number of carbonyl (C=O) groups is 3. The summed E-state index contributed by atoms with van der Waals surface area (Å²) in [6.07, 6.45) is 12.4. The van der Waals surface area contributed by atoms with Crippen molar-refractivity contribution in [2.24, 2.45) is 5.10 Å². The summed E-state index contributed by atoms with van der Waals surface area (Å²) in [4.78, 5) is 36.5. The Labute approximate surface area is 232 Å². The van der Waals surface area contributed by atoms with Gasteiger partial charge in [0.2, 0.25) is 5.91 Å². The van der Waals surface area contributed by atoms with Crippen molar-refractivity contribution in [1.82, 2.24) is 10.7 Å². The van der Waals surface area contributed by atoms with Gasteiger partial charge in [-0.1, -0.05) is 85.8 Å². The number of benzene rings is 2. The van der Waals surface area contributed by atoms with Crippen LogP contribution in [-0.4, -0.2) is 30.5 Å². The quantitative estimate of drug-likeness (QED) is 0.0736. The summed E-state index contributed by atoms with van der Waals surface area (Å²) < 4.78 is 6.23. The summed E-state index contributed by atoms with van der Waals surface area (Å²) in [7, 11) is 0. The molecule has 7 nitrogen and oxygen atoms in total. The third kappa shape index (κ3) is 12.9. The zero-order valence-corrected chi connectivity index (χ0v) is 23.6. The van der Waals surface area contributed by atoms with E-state index in [2.05, 4.69) is 38.7 Å². The van der Waals surface area contributed by atoms with Crippen LogP contribution in [0.2, 0.25) is 5.02 Å².